The maximum atomic E-state index is 5.89. The molecule has 1 aliphatic heterocycles. The second-order valence-electron chi connectivity index (χ2n) is 8.51. The van der Waals surface area contributed by atoms with Gasteiger partial charge in [0.1, 0.15) is 11.6 Å². The molecule has 2 fully saturated rings. The lowest BCUT2D eigenvalue weighted by Gasteiger charge is -2.38. The topological polar surface area (TPSA) is 62.8 Å². The van der Waals surface area contributed by atoms with Crippen LogP contribution in [0, 0.1) is 0 Å². The third kappa shape index (κ3) is 4.47. The van der Waals surface area contributed by atoms with Crippen molar-refractivity contribution in [2.45, 2.75) is 18.8 Å². The molecular weight excluding hydrogens is 438 g/mol. The molecule has 174 valence electrons. The molecule has 3 aromatic rings. The lowest BCUT2D eigenvalue weighted by atomic mass is 10.1. The summed E-state index contributed by atoms with van der Waals surface area (Å²) in [4.78, 5) is 14.7. The van der Waals surface area contributed by atoms with Crippen LogP contribution in [-0.2, 0) is 0 Å². The number of halogens is 1. The number of rotatable bonds is 8. The summed E-state index contributed by atoms with van der Waals surface area (Å²) >= 11 is 5.89. The van der Waals surface area contributed by atoms with Gasteiger partial charge in [0, 0.05) is 56.0 Å². The Hall–Kier alpha value is -2.93. The molecule has 0 atom stereocenters. The molecule has 0 radical (unpaired) electrons. The quantitative estimate of drug-likeness (QED) is 0.489. The molecule has 1 aliphatic carbocycles. The predicted molar refractivity (Wildman–Crippen MR) is 135 cm³/mol. The van der Waals surface area contributed by atoms with Crippen LogP contribution in [0.2, 0.25) is 0 Å². The molecule has 1 saturated heterocycles. The molecule has 1 aromatic heterocycles. The molecule has 0 unspecified atom stereocenters. The molecule has 5 rings (SSSR count). The lowest BCUT2D eigenvalue weighted by molar-refractivity contribution is 0.355. The molecule has 0 bridgehead atoms. The van der Waals surface area contributed by atoms with E-state index in [1.807, 2.05) is 12.1 Å². The maximum absolute atomic E-state index is 5.89. The van der Waals surface area contributed by atoms with E-state index in [2.05, 4.69) is 39.4 Å². The van der Waals surface area contributed by atoms with Crippen LogP contribution in [0.5, 0.6) is 11.5 Å². The predicted octanol–water partition coefficient (Wildman–Crippen LogP) is 4.50. The highest BCUT2D eigenvalue weighted by Crippen LogP contribution is 2.42. The summed E-state index contributed by atoms with van der Waals surface area (Å²) in [6.07, 6.45) is 2.33. The number of nitrogens with one attached hydrogen (secondary N) is 1. The van der Waals surface area contributed by atoms with Gasteiger partial charge in [0.15, 0.2) is 11.5 Å². The SMILES string of the molecule is COc1cc2nc(C3CC3)nc(N3CCN(c4ccccc4NCCCl)CC3)c2cc1OC. The van der Waals surface area contributed by atoms with Crippen molar-refractivity contribution >= 4 is 39.7 Å². The van der Waals surface area contributed by atoms with Crippen LogP contribution in [0.1, 0.15) is 24.6 Å². The van der Waals surface area contributed by atoms with Gasteiger partial charge in [-0.1, -0.05) is 12.1 Å². The Kier molecular flexibility index (Phi) is 6.31. The average molecular weight is 468 g/mol. The first kappa shape index (κ1) is 21.9. The van der Waals surface area contributed by atoms with Crippen molar-refractivity contribution in [3.8, 4) is 11.5 Å². The van der Waals surface area contributed by atoms with Crippen LogP contribution < -0.4 is 24.6 Å². The Morgan fingerprint density at radius 2 is 1.67 bits per heavy atom. The normalized spacial score (nSPS) is 16.2. The van der Waals surface area contributed by atoms with Gasteiger partial charge in [-0.25, -0.2) is 9.97 Å². The largest absolute Gasteiger partial charge is 0.493 e. The van der Waals surface area contributed by atoms with Gasteiger partial charge < -0.3 is 24.6 Å². The smallest absolute Gasteiger partial charge is 0.162 e. The van der Waals surface area contributed by atoms with Crippen LogP contribution >= 0.6 is 11.6 Å². The molecule has 2 aliphatic rings. The van der Waals surface area contributed by atoms with Crippen molar-refractivity contribution in [3.63, 3.8) is 0 Å². The second kappa shape index (κ2) is 9.51. The summed E-state index contributed by atoms with van der Waals surface area (Å²) in [5, 5.41) is 4.45. The number of para-hydroxylation sites is 2. The Morgan fingerprint density at radius 3 is 2.36 bits per heavy atom. The van der Waals surface area contributed by atoms with Gasteiger partial charge >= 0.3 is 0 Å². The highest BCUT2D eigenvalue weighted by Gasteiger charge is 2.30. The summed E-state index contributed by atoms with van der Waals surface area (Å²) in [6, 6.07) is 12.4. The number of hydrogen-bond donors (Lipinski definition) is 1. The summed E-state index contributed by atoms with van der Waals surface area (Å²) in [5.74, 6) is 4.40. The van der Waals surface area contributed by atoms with Crippen molar-refractivity contribution in [1.29, 1.82) is 0 Å². The summed E-state index contributed by atoms with van der Waals surface area (Å²) < 4.78 is 11.1. The molecule has 2 heterocycles. The van der Waals surface area contributed by atoms with Gasteiger partial charge in [0.05, 0.1) is 31.1 Å². The minimum atomic E-state index is 0.474. The number of ether oxygens (including phenoxy) is 2. The van der Waals surface area contributed by atoms with Crippen LogP contribution in [0.4, 0.5) is 17.2 Å². The van der Waals surface area contributed by atoms with Gasteiger partial charge in [0.25, 0.3) is 0 Å². The molecular formula is C25H30ClN5O2. The van der Waals surface area contributed by atoms with E-state index in [9.17, 15) is 0 Å². The first-order valence-corrected chi connectivity index (χ1v) is 12.1. The number of aromatic nitrogens is 2. The molecule has 1 N–H and O–H groups in total. The van der Waals surface area contributed by atoms with Crippen molar-refractivity contribution < 1.29 is 9.47 Å². The molecule has 1 saturated carbocycles. The van der Waals surface area contributed by atoms with Crippen LogP contribution in [0.3, 0.4) is 0 Å². The number of anilines is 3. The van der Waals surface area contributed by atoms with E-state index in [1.165, 1.54) is 5.69 Å². The lowest BCUT2D eigenvalue weighted by Crippen LogP contribution is -2.47. The summed E-state index contributed by atoms with van der Waals surface area (Å²) in [6.45, 7) is 4.34. The molecule has 0 amide bonds. The van der Waals surface area contributed by atoms with E-state index in [4.69, 9.17) is 31.0 Å². The average Bonchev–Trinajstić information content (AvgIpc) is 3.72. The highest BCUT2D eigenvalue weighted by molar-refractivity contribution is 6.18. The van der Waals surface area contributed by atoms with E-state index in [0.717, 1.165) is 73.8 Å². The van der Waals surface area contributed by atoms with Crippen LogP contribution in [-0.4, -0.2) is 62.8 Å². The van der Waals surface area contributed by atoms with Crippen LogP contribution in [0.25, 0.3) is 10.9 Å². The van der Waals surface area contributed by atoms with Gasteiger partial charge in [-0.15, -0.1) is 11.6 Å². The molecule has 2 aromatic carbocycles. The Balaban J connectivity index is 1.43. The van der Waals surface area contributed by atoms with E-state index >= 15 is 0 Å². The van der Waals surface area contributed by atoms with Crippen LogP contribution in [0.15, 0.2) is 36.4 Å². The van der Waals surface area contributed by atoms with Gasteiger partial charge in [-0.05, 0) is 31.0 Å². The Morgan fingerprint density at radius 1 is 0.970 bits per heavy atom. The fourth-order valence-corrected chi connectivity index (χ4v) is 4.56. The van der Waals surface area contributed by atoms with Gasteiger partial charge in [-0.2, -0.15) is 0 Å². The van der Waals surface area contributed by atoms with E-state index in [0.29, 0.717) is 23.3 Å². The van der Waals surface area contributed by atoms with Gasteiger partial charge in [-0.3, -0.25) is 0 Å². The Labute approximate surface area is 199 Å². The third-order valence-electron chi connectivity index (χ3n) is 6.37. The standard InChI is InChI=1S/C25H30ClN5O2/c1-32-22-15-18-20(16-23(22)33-2)28-24(17-7-8-17)29-25(18)31-13-11-30(12-14-31)21-6-4-3-5-19(21)27-10-9-26/h3-6,15-17,27H,7-14H2,1-2H3. The van der Waals surface area contributed by atoms with Crippen molar-refractivity contribution in [1.82, 2.24) is 9.97 Å². The molecule has 8 heteroatoms. The second-order valence-corrected chi connectivity index (χ2v) is 8.89. The number of fused-ring (bicyclic) bond motifs is 1. The van der Waals surface area contributed by atoms with E-state index in [1.54, 1.807) is 14.2 Å². The molecule has 0 spiro atoms. The van der Waals surface area contributed by atoms with E-state index in [-0.39, 0.29) is 0 Å². The summed E-state index contributed by atoms with van der Waals surface area (Å²) in [5.41, 5.74) is 3.27. The van der Waals surface area contributed by atoms with Crippen molar-refractivity contribution in [2.75, 3.05) is 67.9 Å². The fourth-order valence-electron chi connectivity index (χ4n) is 4.46. The monoisotopic (exact) mass is 467 g/mol. The van der Waals surface area contributed by atoms with Crippen molar-refractivity contribution in [2.24, 2.45) is 0 Å². The number of benzene rings is 2. The number of nitrogens with zero attached hydrogens (tertiary/aromatic N) is 4. The maximum Gasteiger partial charge on any atom is 0.162 e. The Bertz CT molecular complexity index is 1130. The van der Waals surface area contributed by atoms with Gasteiger partial charge in [0.2, 0.25) is 0 Å². The zero-order valence-corrected chi connectivity index (χ0v) is 19.9. The summed E-state index contributed by atoms with van der Waals surface area (Å²) in [7, 11) is 3.32. The minimum Gasteiger partial charge on any atom is -0.493 e. The molecule has 7 nitrogen and oxygen atoms in total. The minimum absolute atomic E-state index is 0.474. The zero-order chi connectivity index (χ0) is 22.8. The first-order chi connectivity index (χ1) is 16.2. The third-order valence-corrected chi connectivity index (χ3v) is 6.56. The fraction of sp³-hybridized carbons (Fsp3) is 0.440. The number of alkyl halides is 1. The zero-order valence-electron chi connectivity index (χ0n) is 19.2. The number of piperazine rings is 1. The molecule has 33 heavy (non-hydrogen) atoms. The van der Waals surface area contributed by atoms with Crippen molar-refractivity contribution in [3.05, 3.63) is 42.2 Å². The highest BCUT2D eigenvalue weighted by atomic mass is 35.5. The number of methoxy groups -OCH3 is 2. The first-order valence-electron chi connectivity index (χ1n) is 11.5. The van der Waals surface area contributed by atoms with E-state index < -0.39 is 0 Å². The number of hydrogen-bond acceptors (Lipinski definition) is 7.